The molecule has 468 valence electrons. The minimum atomic E-state index is -1.40. The number of fused-ring (bicyclic) bond motifs is 16. The third kappa shape index (κ3) is 12.9. The van der Waals surface area contributed by atoms with E-state index in [-0.39, 0.29) is 58.1 Å². The van der Waals surface area contributed by atoms with Crippen LogP contribution in [-0.2, 0) is 16.0 Å². The Morgan fingerprint density at radius 3 is 2.07 bits per heavy atom. The fraction of sp³-hybridized carbons (Fsp3) is 0.339. The first-order chi connectivity index (χ1) is 44.0. The molecular weight excluding hydrogens is 1280 g/mol. The number of primary amides is 1. The predicted molar refractivity (Wildman–Crippen MR) is 346 cm³/mol. The van der Waals surface area contributed by atoms with Crippen molar-refractivity contribution < 1.29 is 44.1 Å². The highest BCUT2D eigenvalue weighted by Gasteiger charge is 2.46. The maximum absolute atomic E-state index is 15.2. The number of likely N-dealkylation sites (tertiary alicyclic amines) is 2. The van der Waals surface area contributed by atoms with E-state index in [1.54, 1.807) is 66.2 Å². The molecule has 29 heteroatoms. The van der Waals surface area contributed by atoms with E-state index >= 15 is 4.79 Å². The summed E-state index contributed by atoms with van der Waals surface area (Å²) in [5.41, 5.74) is 9.26. The fourth-order valence-corrected chi connectivity index (χ4v) is 17.3. The Morgan fingerprint density at radius 1 is 0.659 bits per heavy atom. The smallest absolute Gasteiger partial charge is 0.273 e. The van der Waals surface area contributed by atoms with Crippen molar-refractivity contribution in [1.82, 2.24) is 65.5 Å². The Bertz CT molecular complexity index is 4210. The number of phenolic OH excluding ortho intramolecular Hbond substituents is 1. The van der Waals surface area contributed by atoms with Crippen LogP contribution in [0.25, 0.3) is 43.4 Å². The molecule has 0 spiro atoms. The molecule has 0 unspecified atom stereocenters. The highest BCUT2D eigenvalue weighted by Crippen LogP contribution is 2.43. The number of aromatic nitrogens is 7. The van der Waals surface area contributed by atoms with Crippen molar-refractivity contribution in [2.45, 2.75) is 94.8 Å². The van der Waals surface area contributed by atoms with Crippen LogP contribution < -0.4 is 21.7 Å². The lowest BCUT2D eigenvalue weighted by atomic mass is 10.00. The Morgan fingerprint density at radius 2 is 1.31 bits per heavy atom. The number of carbonyl (C=O) groups is 6. The van der Waals surface area contributed by atoms with Crippen LogP contribution >= 0.6 is 68.0 Å². The van der Waals surface area contributed by atoms with Crippen LogP contribution in [0, 0.1) is 12.8 Å². The van der Waals surface area contributed by atoms with Gasteiger partial charge in [-0.3, -0.25) is 28.8 Å². The van der Waals surface area contributed by atoms with Crippen LogP contribution in [-0.4, -0.2) is 151 Å². The number of nitrogens with one attached hydrogen (secondary N) is 3. The number of aryl methyl sites for hydroxylation is 1. The van der Waals surface area contributed by atoms with Crippen LogP contribution in [0.4, 0.5) is 0 Å². The molecule has 91 heavy (non-hydrogen) atoms. The first-order valence-electron chi connectivity index (χ1n) is 29.5. The van der Waals surface area contributed by atoms with E-state index < -0.39 is 71.8 Å². The van der Waals surface area contributed by atoms with Crippen LogP contribution in [0.1, 0.15) is 136 Å². The number of aliphatic hydroxyl groups is 2. The molecule has 6 amide bonds. The molecule has 23 nitrogen and oxygen atoms in total. The third-order valence-corrected chi connectivity index (χ3v) is 22.4. The van der Waals surface area contributed by atoms with Gasteiger partial charge in [0.15, 0.2) is 0 Å². The van der Waals surface area contributed by atoms with Gasteiger partial charge in [-0.05, 0) is 81.1 Å². The van der Waals surface area contributed by atoms with Gasteiger partial charge in [0.05, 0.1) is 30.3 Å². The summed E-state index contributed by atoms with van der Waals surface area (Å²) in [6, 6.07) is 14.5. The molecule has 7 atom stereocenters. The van der Waals surface area contributed by atoms with E-state index in [2.05, 4.69) is 30.8 Å². The number of nitrogens with zero attached hydrogens (tertiary/aromatic N) is 10. The Balaban J connectivity index is 0.878. The van der Waals surface area contributed by atoms with Gasteiger partial charge in [0, 0.05) is 75.4 Å². The number of benzene rings is 2. The Labute approximate surface area is 545 Å². The van der Waals surface area contributed by atoms with Gasteiger partial charge >= 0.3 is 0 Å². The van der Waals surface area contributed by atoms with Gasteiger partial charge in [0.2, 0.25) is 11.8 Å². The van der Waals surface area contributed by atoms with Crippen molar-refractivity contribution in [1.29, 1.82) is 0 Å². The number of piperidine rings is 1. The number of thiazole rings is 6. The minimum absolute atomic E-state index is 0.000842. The second kappa shape index (κ2) is 26.2. The van der Waals surface area contributed by atoms with Crippen LogP contribution in [0.15, 0.2) is 93.6 Å². The van der Waals surface area contributed by atoms with Gasteiger partial charge < -0.3 is 51.7 Å². The number of pyridine rings is 1. The molecule has 11 heterocycles. The average Bonchev–Trinajstić information content (AvgIpc) is 1.70. The zero-order valence-corrected chi connectivity index (χ0v) is 53.8. The molecule has 7 aromatic heterocycles. The van der Waals surface area contributed by atoms with E-state index in [4.69, 9.17) is 30.7 Å². The molecule has 3 fully saturated rings. The van der Waals surface area contributed by atoms with E-state index in [0.717, 1.165) is 48.6 Å². The molecule has 0 aliphatic carbocycles. The molecule has 4 aliphatic heterocycles. The summed E-state index contributed by atoms with van der Waals surface area (Å²) in [6.07, 6.45) is 1.47. The number of carbonyl (C=O) groups excluding carboxylic acids is 6. The van der Waals surface area contributed by atoms with Gasteiger partial charge in [-0.2, -0.15) is 0 Å². The second-order valence-electron chi connectivity index (χ2n) is 22.8. The summed E-state index contributed by atoms with van der Waals surface area (Å²) >= 11 is 7.13. The summed E-state index contributed by atoms with van der Waals surface area (Å²) in [7, 11) is 0. The molecule has 2 aromatic carbocycles. The normalized spacial score (nSPS) is 21.5. The maximum atomic E-state index is 15.2. The monoisotopic (exact) mass is 1340 g/mol. The van der Waals surface area contributed by atoms with Gasteiger partial charge in [-0.1, -0.05) is 49.4 Å². The number of hydrogen-bond donors (Lipinski definition) is 7. The zero-order chi connectivity index (χ0) is 63.2. The highest BCUT2D eigenvalue weighted by molar-refractivity contribution is 7.15. The summed E-state index contributed by atoms with van der Waals surface area (Å²) < 4.78 is 0. The molecule has 9 aromatic rings. The first kappa shape index (κ1) is 61.7. The molecule has 13 rings (SSSR count). The largest absolute Gasteiger partial charge is 0.508 e. The van der Waals surface area contributed by atoms with Crippen LogP contribution in [0.3, 0.4) is 0 Å². The SMILES string of the molecule is Cc1sc2nc1C(=O)N[C@@H]([C@H](O)c1ccccc1)c1nc(cs1)C(=O)N[C@H](Cc1ccc(O)cc1)C(=O)N1C[C@H](O)[C@H](C)[C@@H]1c1nc(cs1)-c1nc(cs1)-c1nc(-c3nc(C(=O)N4CCC(N5CCCC5)CC4)cs3)ccc1-c1nc(cs1)C(=O)N[C@H]2CC(N)=O. The van der Waals surface area contributed by atoms with Crippen molar-refractivity contribution >= 4 is 103 Å². The number of phenols is 1. The number of amides is 6. The predicted octanol–water partition coefficient (Wildman–Crippen LogP) is 7.99. The van der Waals surface area contributed by atoms with Crippen molar-refractivity contribution in [3.8, 4) is 49.1 Å². The summed E-state index contributed by atoms with van der Waals surface area (Å²) in [5.74, 6) is -4.05. The first-order valence-corrected chi connectivity index (χ1v) is 34.7. The molecule has 8 N–H and O–H groups in total. The van der Waals surface area contributed by atoms with Crippen LogP contribution in [0.2, 0.25) is 0 Å². The molecule has 3 saturated heterocycles. The quantitative estimate of drug-likeness (QED) is 0.0720. The topological polar surface area (TPSA) is 325 Å². The maximum Gasteiger partial charge on any atom is 0.273 e. The minimum Gasteiger partial charge on any atom is -0.508 e. The molecule has 0 saturated carbocycles. The number of rotatable bonds is 9. The summed E-state index contributed by atoms with van der Waals surface area (Å²) in [6.45, 7) is 6.92. The van der Waals surface area contributed by atoms with E-state index in [0.29, 0.717) is 89.2 Å². The third-order valence-electron chi connectivity index (χ3n) is 16.8. The van der Waals surface area contributed by atoms with E-state index in [9.17, 15) is 39.3 Å². The van der Waals surface area contributed by atoms with Crippen LogP contribution in [0.5, 0.6) is 5.75 Å². The van der Waals surface area contributed by atoms with Gasteiger partial charge in [0.25, 0.3) is 23.6 Å². The lowest BCUT2D eigenvalue weighted by molar-refractivity contribution is -0.134. The number of aromatic hydroxyl groups is 1. The Hall–Kier alpha value is -8.13. The zero-order valence-electron chi connectivity index (χ0n) is 48.9. The molecule has 10 bridgehead atoms. The van der Waals surface area contributed by atoms with Gasteiger partial charge in [-0.25, -0.2) is 34.9 Å². The van der Waals surface area contributed by atoms with Crippen molar-refractivity contribution in [3.05, 3.63) is 147 Å². The van der Waals surface area contributed by atoms with Gasteiger partial charge in [-0.15, -0.1) is 68.0 Å². The molecule has 4 aliphatic rings. The number of aliphatic hydroxyl groups excluding tert-OH is 2. The second-order valence-corrected chi connectivity index (χ2v) is 28.4. The van der Waals surface area contributed by atoms with E-state index in [1.807, 2.05) is 28.7 Å². The number of hydrogen-bond acceptors (Lipinski definition) is 23. The van der Waals surface area contributed by atoms with Gasteiger partial charge in [0.1, 0.15) is 93.8 Å². The molecule has 0 radical (unpaired) electrons. The highest BCUT2D eigenvalue weighted by atomic mass is 32.1. The standard InChI is InChI=1S/C62H60N14O9S6/c1-30-45(78)24-76-50(30)60-70-43(28-90-60)57-67-40(25-87-57)48-36(14-15-37(64-48)56-71-44(29-88-56)61(84)75-20-16-34(17-21-75)74-18-6-7-19-74)55-68-41(26-86-55)52(81)65-38(23-46(63)79)58-73-47(31(2)91-58)54(83)72-49(51(80)33-8-4-3-5-9-33)59-69-42(27-89-59)53(82)66-39(62(76)85)22-32-10-12-35(77)13-11-32/h3-5,8-15,25-30,34,38-39,45,49-51,77-78,80H,6-7,16-24H2,1-2H3,(H2,63,79)(H,65,81)(H,66,82)(H,72,83)/t30-,38-,39+,45-,49-,50+,51+/m0/s1. The fourth-order valence-electron chi connectivity index (χ4n) is 12.0. The summed E-state index contributed by atoms with van der Waals surface area (Å²) in [4.78, 5) is 126. The van der Waals surface area contributed by atoms with E-state index in [1.165, 1.54) is 80.6 Å². The van der Waals surface area contributed by atoms with Crippen molar-refractivity contribution in [2.75, 3.05) is 32.7 Å². The molecular formula is C62H60N14O9S6. The number of nitrogens with two attached hydrogens (primary N) is 1. The average molecular weight is 1340 g/mol. The van der Waals surface area contributed by atoms with Crippen molar-refractivity contribution in [2.24, 2.45) is 11.7 Å². The lowest BCUT2D eigenvalue weighted by Gasteiger charge is -2.36. The van der Waals surface area contributed by atoms with Crippen molar-refractivity contribution in [3.63, 3.8) is 0 Å². The summed E-state index contributed by atoms with van der Waals surface area (Å²) in [5, 5.41) is 53.1. The lowest BCUT2D eigenvalue weighted by Crippen LogP contribution is -2.50. The Kier molecular flexibility index (Phi) is 17.8.